The summed E-state index contributed by atoms with van der Waals surface area (Å²) < 4.78 is 5.60. The van der Waals surface area contributed by atoms with Crippen molar-refractivity contribution in [2.75, 3.05) is 24.6 Å². The van der Waals surface area contributed by atoms with Gasteiger partial charge in [0.25, 0.3) is 5.91 Å². The molecule has 2 atom stereocenters. The molecule has 0 spiro atoms. The van der Waals surface area contributed by atoms with Crippen LogP contribution in [0.15, 0.2) is 42.5 Å². The second-order valence-electron chi connectivity index (χ2n) is 8.75. The first-order valence-corrected chi connectivity index (χ1v) is 11.0. The molecule has 3 aliphatic rings. The molecular weight excluding hydrogens is 376 g/mol. The summed E-state index contributed by atoms with van der Waals surface area (Å²) in [5.41, 5.74) is 3.72. The lowest BCUT2D eigenvalue weighted by Crippen LogP contribution is -2.38. The zero-order valence-electron chi connectivity index (χ0n) is 17.4. The van der Waals surface area contributed by atoms with Crippen molar-refractivity contribution in [3.8, 4) is 5.75 Å². The smallest absolute Gasteiger partial charge is 0.265 e. The first kappa shape index (κ1) is 19.3. The Bertz CT molecular complexity index is 982. The summed E-state index contributed by atoms with van der Waals surface area (Å²) >= 11 is 0. The predicted molar refractivity (Wildman–Crippen MR) is 116 cm³/mol. The van der Waals surface area contributed by atoms with Crippen LogP contribution < -0.4 is 15.0 Å². The van der Waals surface area contributed by atoms with Gasteiger partial charge in [0.1, 0.15) is 5.75 Å². The topological polar surface area (TPSA) is 58.6 Å². The highest BCUT2D eigenvalue weighted by Crippen LogP contribution is 2.42. The number of ketones is 1. The van der Waals surface area contributed by atoms with Crippen LogP contribution in [0.1, 0.15) is 53.6 Å². The van der Waals surface area contributed by atoms with E-state index in [0.29, 0.717) is 30.7 Å². The van der Waals surface area contributed by atoms with Gasteiger partial charge in [-0.2, -0.15) is 0 Å². The third kappa shape index (κ3) is 3.99. The molecule has 5 nitrogen and oxygen atoms in total. The second-order valence-corrected chi connectivity index (χ2v) is 8.75. The average molecular weight is 405 g/mol. The van der Waals surface area contributed by atoms with Crippen LogP contribution in [0.4, 0.5) is 5.69 Å². The van der Waals surface area contributed by atoms with Crippen LogP contribution in [0.5, 0.6) is 5.75 Å². The van der Waals surface area contributed by atoms with Crippen LogP contribution in [0.2, 0.25) is 0 Å². The summed E-state index contributed by atoms with van der Waals surface area (Å²) in [5.74, 6) is 2.18. The van der Waals surface area contributed by atoms with Crippen LogP contribution in [0.3, 0.4) is 0 Å². The molecule has 156 valence electrons. The number of fused-ring (bicyclic) bond motifs is 1. The van der Waals surface area contributed by atoms with E-state index in [1.165, 1.54) is 24.8 Å². The van der Waals surface area contributed by atoms with Gasteiger partial charge in [-0.25, -0.2) is 0 Å². The number of carbonyl (C=O) groups is 2. The molecule has 30 heavy (non-hydrogen) atoms. The molecule has 1 amide bonds. The lowest BCUT2D eigenvalue weighted by Gasteiger charge is -2.28. The lowest BCUT2D eigenvalue weighted by atomic mass is 9.99. The van der Waals surface area contributed by atoms with Crippen molar-refractivity contribution < 1.29 is 14.3 Å². The minimum absolute atomic E-state index is 0.0318. The molecule has 1 aliphatic heterocycles. The van der Waals surface area contributed by atoms with Crippen molar-refractivity contribution in [3.05, 3.63) is 59.2 Å². The van der Waals surface area contributed by atoms with Gasteiger partial charge < -0.3 is 15.0 Å². The summed E-state index contributed by atoms with van der Waals surface area (Å²) in [7, 11) is 0. The Hall–Kier alpha value is -2.66. The number of hydrogen-bond donors (Lipinski definition) is 1. The maximum atomic E-state index is 12.9. The Balaban J connectivity index is 1.25. The van der Waals surface area contributed by atoms with Gasteiger partial charge in [0.15, 0.2) is 12.4 Å². The van der Waals surface area contributed by atoms with Gasteiger partial charge in [-0.05, 0) is 68.0 Å². The second kappa shape index (κ2) is 7.88. The van der Waals surface area contributed by atoms with Gasteiger partial charge in [0.05, 0.1) is 5.69 Å². The SMILES string of the molecule is CCN1C(=O)COc2cc(CC(=O)c3cccc(C4CC4NCC4CC4)c3)ccc21. The zero-order chi connectivity index (χ0) is 20.7. The minimum atomic E-state index is -0.0318. The number of amides is 1. The van der Waals surface area contributed by atoms with E-state index >= 15 is 0 Å². The number of likely N-dealkylation sites (N-methyl/N-ethyl adjacent to an activating group) is 1. The van der Waals surface area contributed by atoms with Gasteiger partial charge in [0, 0.05) is 30.5 Å². The average Bonchev–Trinajstić information content (AvgIpc) is 3.67. The number of nitrogens with one attached hydrogen (secondary N) is 1. The molecule has 2 fully saturated rings. The number of Topliss-reactive ketones (excluding diaryl/α,β-unsaturated/α-hetero) is 1. The van der Waals surface area contributed by atoms with Gasteiger partial charge in [-0.1, -0.05) is 24.3 Å². The van der Waals surface area contributed by atoms with E-state index in [1.54, 1.807) is 4.90 Å². The van der Waals surface area contributed by atoms with E-state index in [0.717, 1.165) is 29.3 Å². The fourth-order valence-electron chi connectivity index (χ4n) is 4.36. The summed E-state index contributed by atoms with van der Waals surface area (Å²) in [6.07, 6.45) is 4.23. The molecular formula is C25H28N2O3. The molecule has 0 aromatic heterocycles. The molecule has 2 unspecified atom stereocenters. The molecule has 2 aliphatic carbocycles. The van der Waals surface area contributed by atoms with Crippen LogP contribution in [-0.2, 0) is 11.2 Å². The fourth-order valence-corrected chi connectivity index (χ4v) is 4.36. The van der Waals surface area contributed by atoms with E-state index in [-0.39, 0.29) is 18.3 Å². The third-order valence-electron chi connectivity index (χ3n) is 6.44. The van der Waals surface area contributed by atoms with Crippen LogP contribution >= 0.6 is 0 Å². The molecule has 1 heterocycles. The van der Waals surface area contributed by atoms with Crippen LogP contribution in [0.25, 0.3) is 0 Å². The quantitative estimate of drug-likeness (QED) is 0.682. The molecule has 2 aromatic rings. The molecule has 0 bridgehead atoms. The first-order chi connectivity index (χ1) is 14.6. The van der Waals surface area contributed by atoms with Crippen LogP contribution in [0, 0.1) is 5.92 Å². The molecule has 0 saturated heterocycles. The summed E-state index contributed by atoms with van der Waals surface area (Å²) in [4.78, 5) is 26.6. The molecule has 2 aromatic carbocycles. The molecule has 5 rings (SSSR count). The number of nitrogens with zero attached hydrogens (tertiary/aromatic N) is 1. The number of ether oxygens (including phenoxy) is 1. The largest absolute Gasteiger partial charge is 0.482 e. The van der Waals surface area contributed by atoms with Crippen molar-refractivity contribution in [2.24, 2.45) is 5.92 Å². The van der Waals surface area contributed by atoms with Crippen molar-refractivity contribution in [3.63, 3.8) is 0 Å². The molecule has 1 N–H and O–H groups in total. The predicted octanol–water partition coefficient (Wildman–Crippen LogP) is 3.71. The summed E-state index contributed by atoms with van der Waals surface area (Å²) in [5, 5.41) is 3.67. The normalized spacial score (nSPS) is 22.4. The highest BCUT2D eigenvalue weighted by Gasteiger charge is 2.39. The fraction of sp³-hybridized carbons (Fsp3) is 0.440. The maximum absolute atomic E-state index is 12.9. The Morgan fingerprint density at radius 1 is 1.20 bits per heavy atom. The number of benzene rings is 2. The monoisotopic (exact) mass is 404 g/mol. The van der Waals surface area contributed by atoms with E-state index in [2.05, 4.69) is 17.4 Å². The van der Waals surface area contributed by atoms with Gasteiger partial charge in [0.2, 0.25) is 0 Å². The van der Waals surface area contributed by atoms with Crippen molar-refractivity contribution in [2.45, 2.75) is 44.6 Å². The lowest BCUT2D eigenvalue weighted by molar-refractivity contribution is -0.121. The Kier molecular flexibility index (Phi) is 5.07. The highest BCUT2D eigenvalue weighted by molar-refractivity contribution is 5.99. The van der Waals surface area contributed by atoms with Gasteiger partial charge >= 0.3 is 0 Å². The zero-order valence-corrected chi connectivity index (χ0v) is 17.4. The minimum Gasteiger partial charge on any atom is -0.482 e. The van der Waals surface area contributed by atoms with Gasteiger partial charge in [-0.3, -0.25) is 9.59 Å². The van der Waals surface area contributed by atoms with E-state index in [4.69, 9.17) is 4.74 Å². The Labute approximate surface area is 177 Å². The van der Waals surface area contributed by atoms with Crippen molar-refractivity contribution in [1.29, 1.82) is 0 Å². The van der Waals surface area contributed by atoms with Crippen molar-refractivity contribution in [1.82, 2.24) is 5.32 Å². The number of anilines is 1. The summed E-state index contributed by atoms with van der Waals surface area (Å²) in [6, 6.07) is 14.4. The highest BCUT2D eigenvalue weighted by atomic mass is 16.5. The molecule has 0 radical (unpaired) electrons. The number of carbonyl (C=O) groups excluding carboxylic acids is 2. The van der Waals surface area contributed by atoms with Crippen molar-refractivity contribution >= 4 is 17.4 Å². The maximum Gasteiger partial charge on any atom is 0.265 e. The number of hydrogen-bond acceptors (Lipinski definition) is 4. The third-order valence-corrected chi connectivity index (χ3v) is 6.44. The van der Waals surface area contributed by atoms with E-state index in [1.807, 2.05) is 37.3 Å². The number of rotatable bonds is 8. The van der Waals surface area contributed by atoms with Crippen LogP contribution in [-0.4, -0.2) is 37.4 Å². The Morgan fingerprint density at radius 2 is 2.07 bits per heavy atom. The summed E-state index contributed by atoms with van der Waals surface area (Å²) in [6.45, 7) is 3.75. The molecule has 5 heteroatoms. The Morgan fingerprint density at radius 3 is 2.87 bits per heavy atom. The first-order valence-electron chi connectivity index (χ1n) is 11.0. The van der Waals surface area contributed by atoms with E-state index < -0.39 is 0 Å². The van der Waals surface area contributed by atoms with E-state index in [9.17, 15) is 9.59 Å². The molecule has 2 saturated carbocycles. The standard InChI is InChI=1S/C25H28N2O3/c1-2-27-22-9-8-17(11-24(22)30-15-25(27)29)10-23(28)19-5-3-4-18(12-19)20-13-21(20)26-14-16-6-7-16/h3-5,8-9,11-12,16,20-21,26H,2,6-7,10,13-15H2,1H3. The van der Waals surface area contributed by atoms with Gasteiger partial charge in [-0.15, -0.1) is 0 Å².